The first kappa shape index (κ1) is 17.2. The second-order valence-corrected chi connectivity index (χ2v) is 5.47. The van der Waals surface area contributed by atoms with Gasteiger partial charge in [-0.2, -0.15) is 0 Å². The first-order valence-electron chi connectivity index (χ1n) is 6.89. The maximum Gasteiger partial charge on any atom is 0.330 e. The van der Waals surface area contributed by atoms with Crippen molar-refractivity contribution in [2.24, 2.45) is 5.92 Å². The number of carbonyl (C=O) groups is 2. The molecule has 5 heteroatoms. The second-order valence-electron chi connectivity index (χ2n) is 5.03. The Labute approximate surface area is 130 Å². The van der Waals surface area contributed by atoms with E-state index in [9.17, 15) is 9.59 Å². The summed E-state index contributed by atoms with van der Waals surface area (Å²) in [6.07, 6.45) is 4.11. The van der Waals surface area contributed by atoms with Crippen LogP contribution in [0.25, 0.3) is 0 Å². The normalized spacial score (nSPS) is 10.9. The summed E-state index contributed by atoms with van der Waals surface area (Å²) in [4.78, 5) is 23.0. The van der Waals surface area contributed by atoms with Crippen LogP contribution in [0.1, 0.15) is 26.7 Å². The fourth-order valence-electron chi connectivity index (χ4n) is 1.57. The number of rotatable bonds is 7. The zero-order valence-electron chi connectivity index (χ0n) is 12.3. The summed E-state index contributed by atoms with van der Waals surface area (Å²) in [5.41, 5.74) is 0.611. The summed E-state index contributed by atoms with van der Waals surface area (Å²) in [7, 11) is 0. The molecule has 21 heavy (non-hydrogen) atoms. The van der Waals surface area contributed by atoms with Crippen LogP contribution in [0.4, 0.5) is 5.69 Å². The molecular weight excluding hydrogens is 290 g/mol. The molecule has 0 aliphatic rings. The highest BCUT2D eigenvalue weighted by atomic mass is 35.5. The lowest BCUT2D eigenvalue weighted by Gasteiger charge is -2.04. The van der Waals surface area contributed by atoms with E-state index in [2.05, 4.69) is 19.2 Å². The Morgan fingerprint density at radius 3 is 2.52 bits per heavy atom. The zero-order chi connectivity index (χ0) is 15.7. The molecule has 0 aliphatic heterocycles. The van der Waals surface area contributed by atoms with Gasteiger partial charge in [-0.15, -0.1) is 0 Å². The highest BCUT2D eigenvalue weighted by Gasteiger charge is 2.01. The molecule has 0 atom stereocenters. The molecule has 114 valence electrons. The molecule has 1 rings (SSSR count). The number of anilines is 1. The van der Waals surface area contributed by atoms with E-state index < -0.39 is 11.9 Å². The van der Waals surface area contributed by atoms with Gasteiger partial charge in [0.2, 0.25) is 5.91 Å². The van der Waals surface area contributed by atoms with Gasteiger partial charge in [-0.25, -0.2) is 4.79 Å². The van der Waals surface area contributed by atoms with Gasteiger partial charge in [0.25, 0.3) is 0 Å². The molecular formula is C16H20ClNO3. The van der Waals surface area contributed by atoms with Crippen molar-refractivity contribution in [2.45, 2.75) is 26.7 Å². The Hall–Kier alpha value is -1.81. The maximum atomic E-state index is 11.6. The van der Waals surface area contributed by atoms with Crippen LogP contribution in [-0.4, -0.2) is 18.5 Å². The smallest absolute Gasteiger partial charge is 0.330 e. The molecule has 4 nitrogen and oxygen atoms in total. The molecule has 0 aromatic heterocycles. The zero-order valence-corrected chi connectivity index (χ0v) is 13.0. The molecule has 1 aromatic rings. The third-order valence-electron chi connectivity index (χ3n) is 2.65. The standard InChI is InChI=1S/C16H20ClNO3/c1-12(2)4-3-11-21-16(20)10-9-15(19)18-14-7-5-13(17)6-8-14/h5-10,12H,3-4,11H2,1-2H3,(H,18,19)/b10-9+. The molecule has 0 saturated carbocycles. The number of hydrogen-bond donors (Lipinski definition) is 1. The Morgan fingerprint density at radius 2 is 1.90 bits per heavy atom. The van der Waals surface area contributed by atoms with E-state index in [1.807, 2.05) is 0 Å². The SMILES string of the molecule is CC(C)CCCOC(=O)/C=C/C(=O)Nc1ccc(Cl)cc1. The van der Waals surface area contributed by atoms with Crippen molar-refractivity contribution >= 4 is 29.2 Å². The van der Waals surface area contributed by atoms with Crippen LogP contribution in [0.5, 0.6) is 0 Å². The minimum Gasteiger partial charge on any atom is -0.463 e. The molecule has 0 spiro atoms. The minimum absolute atomic E-state index is 0.375. The molecule has 0 saturated heterocycles. The summed E-state index contributed by atoms with van der Waals surface area (Å²) in [5.74, 6) is -0.314. The van der Waals surface area contributed by atoms with Gasteiger partial charge in [-0.05, 0) is 43.0 Å². The van der Waals surface area contributed by atoms with Crippen molar-refractivity contribution in [3.05, 3.63) is 41.4 Å². The molecule has 1 aromatic carbocycles. The number of amides is 1. The van der Waals surface area contributed by atoms with Gasteiger partial charge in [0, 0.05) is 22.9 Å². The van der Waals surface area contributed by atoms with E-state index in [-0.39, 0.29) is 0 Å². The quantitative estimate of drug-likeness (QED) is 0.473. The summed E-state index contributed by atoms with van der Waals surface area (Å²) >= 11 is 5.74. The average molecular weight is 310 g/mol. The Balaban J connectivity index is 2.29. The van der Waals surface area contributed by atoms with Crippen molar-refractivity contribution < 1.29 is 14.3 Å². The number of benzene rings is 1. The minimum atomic E-state index is -0.509. The Morgan fingerprint density at radius 1 is 1.24 bits per heavy atom. The van der Waals surface area contributed by atoms with Gasteiger partial charge in [0.1, 0.15) is 0 Å². The first-order valence-corrected chi connectivity index (χ1v) is 7.26. The van der Waals surface area contributed by atoms with E-state index in [1.54, 1.807) is 24.3 Å². The number of esters is 1. The van der Waals surface area contributed by atoms with E-state index in [0.717, 1.165) is 25.0 Å². The molecule has 1 amide bonds. The molecule has 0 unspecified atom stereocenters. The monoisotopic (exact) mass is 309 g/mol. The van der Waals surface area contributed by atoms with E-state index in [0.29, 0.717) is 23.2 Å². The summed E-state index contributed by atoms with van der Waals surface area (Å²) in [6.45, 7) is 4.60. The van der Waals surface area contributed by atoms with Crippen molar-refractivity contribution in [3.63, 3.8) is 0 Å². The molecule has 1 N–H and O–H groups in total. The Bertz CT molecular complexity index is 495. The highest BCUT2D eigenvalue weighted by Crippen LogP contribution is 2.13. The van der Waals surface area contributed by atoms with Crippen LogP contribution in [0, 0.1) is 5.92 Å². The molecule has 0 fully saturated rings. The fourth-order valence-corrected chi connectivity index (χ4v) is 1.70. The predicted molar refractivity (Wildman–Crippen MR) is 84.3 cm³/mol. The topological polar surface area (TPSA) is 55.4 Å². The van der Waals surface area contributed by atoms with Crippen LogP contribution in [-0.2, 0) is 14.3 Å². The van der Waals surface area contributed by atoms with E-state index in [1.165, 1.54) is 0 Å². The van der Waals surface area contributed by atoms with Gasteiger partial charge in [0.05, 0.1) is 6.61 Å². The third kappa shape index (κ3) is 8.15. The van der Waals surface area contributed by atoms with Crippen LogP contribution in [0.3, 0.4) is 0 Å². The first-order chi connectivity index (χ1) is 9.97. The van der Waals surface area contributed by atoms with Gasteiger partial charge in [0.15, 0.2) is 0 Å². The van der Waals surface area contributed by atoms with Crippen LogP contribution >= 0.6 is 11.6 Å². The van der Waals surface area contributed by atoms with Crippen LogP contribution in [0.15, 0.2) is 36.4 Å². The van der Waals surface area contributed by atoms with Gasteiger partial charge < -0.3 is 10.1 Å². The Kier molecular flexibility index (Phi) is 7.54. The highest BCUT2D eigenvalue weighted by molar-refractivity contribution is 6.30. The molecule has 0 radical (unpaired) electrons. The second kappa shape index (κ2) is 9.19. The molecule has 0 heterocycles. The largest absolute Gasteiger partial charge is 0.463 e. The van der Waals surface area contributed by atoms with Gasteiger partial charge in [-0.1, -0.05) is 25.4 Å². The van der Waals surface area contributed by atoms with Gasteiger partial charge >= 0.3 is 5.97 Å². The number of ether oxygens (including phenoxy) is 1. The summed E-state index contributed by atoms with van der Waals surface area (Å²) in [6, 6.07) is 6.70. The van der Waals surface area contributed by atoms with Crippen LogP contribution < -0.4 is 5.32 Å². The lowest BCUT2D eigenvalue weighted by molar-refractivity contribution is -0.138. The van der Waals surface area contributed by atoms with E-state index >= 15 is 0 Å². The molecule has 0 aliphatic carbocycles. The number of nitrogens with one attached hydrogen (secondary N) is 1. The number of carbonyl (C=O) groups excluding carboxylic acids is 2. The summed E-state index contributed by atoms with van der Waals surface area (Å²) in [5, 5.41) is 3.21. The van der Waals surface area contributed by atoms with Crippen molar-refractivity contribution in [2.75, 3.05) is 11.9 Å². The van der Waals surface area contributed by atoms with Crippen molar-refractivity contribution in [1.29, 1.82) is 0 Å². The van der Waals surface area contributed by atoms with E-state index in [4.69, 9.17) is 16.3 Å². The lowest BCUT2D eigenvalue weighted by atomic mass is 10.1. The summed E-state index contributed by atoms with van der Waals surface area (Å²) < 4.78 is 4.99. The number of hydrogen-bond acceptors (Lipinski definition) is 3. The average Bonchev–Trinajstić information content (AvgIpc) is 2.44. The fraction of sp³-hybridized carbons (Fsp3) is 0.375. The maximum absolute atomic E-state index is 11.6. The van der Waals surface area contributed by atoms with Gasteiger partial charge in [-0.3, -0.25) is 4.79 Å². The molecule has 0 bridgehead atoms. The lowest BCUT2D eigenvalue weighted by Crippen LogP contribution is -2.09. The van der Waals surface area contributed by atoms with Crippen LogP contribution in [0.2, 0.25) is 5.02 Å². The van der Waals surface area contributed by atoms with Crippen molar-refractivity contribution in [1.82, 2.24) is 0 Å². The van der Waals surface area contributed by atoms with Crippen molar-refractivity contribution in [3.8, 4) is 0 Å². The third-order valence-corrected chi connectivity index (χ3v) is 2.90. The predicted octanol–water partition coefficient (Wildman–Crippen LogP) is 3.81. The number of halogens is 1.